The van der Waals surface area contributed by atoms with Crippen LogP contribution in [-0.2, 0) is 5.41 Å². The number of nitrogens with zero attached hydrogens (tertiary/aromatic N) is 2. The van der Waals surface area contributed by atoms with E-state index in [1.165, 1.54) is 22.4 Å². The topological polar surface area (TPSA) is 35.8 Å². The maximum atomic E-state index is 9.21. The smallest absolute Gasteiger partial charge is 0.0879 e. The van der Waals surface area contributed by atoms with Crippen molar-refractivity contribution in [1.29, 1.82) is 0 Å². The first-order chi connectivity index (χ1) is 10.4. The van der Waals surface area contributed by atoms with Crippen LogP contribution < -0.4 is 4.90 Å². The quantitative estimate of drug-likeness (QED) is 0.663. The molecule has 2 aromatic rings. The molecule has 0 radical (unpaired) electrons. The molecule has 22 heavy (non-hydrogen) atoms. The van der Waals surface area contributed by atoms with Gasteiger partial charge in [-0.05, 0) is 40.3 Å². The van der Waals surface area contributed by atoms with Crippen LogP contribution in [0.3, 0.4) is 0 Å². The summed E-state index contributed by atoms with van der Waals surface area (Å²) in [6.07, 6.45) is 0.778. The van der Waals surface area contributed by atoms with E-state index >= 15 is 0 Å². The molecule has 0 saturated carbocycles. The third kappa shape index (κ3) is 2.37. The number of hydrogen-bond donors (Lipinski definition) is 1. The summed E-state index contributed by atoms with van der Waals surface area (Å²) >= 11 is 0. The molecule has 3 rings (SSSR count). The Hall–Kier alpha value is -2.29. The summed E-state index contributed by atoms with van der Waals surface area (Å²) in [6, 6.07) is 15.0. The fourth-order valence-corrected chi connectivity index (χ4v) is 3.20. The van der Waals surface area contributed by atoms with Crippen LogP contribution in [0.15, 0.2) is 47.6 Å². The summed E-state index contributed by atoms with van der Waals surface area (Å²) in [6.45, 7) is 4.40. The van der Waals surface area contributed by atoms with E-state index in [9.17, 15) is 5.21 Å². The summed E-state index contributed by atoms with van der Waals surface area (Å²) in [7, 11) is 4.10. The lowest BCUT2D eigenvalue weighted by atomic mass is 9.85. The fraction of sp³-hybridized carbons (Fsp3) is 0.316. The van der Waals surface area contributed by atoms with Crippen LogP contribution in [0.4, 0.5) is 5.69 Å². The van der Waals surface area contributed by atoms with Gasteiger partial charge in [-0.15, -0.1) is 0 Å². The first kappa shape index (κ1) is 14.6. The molecule has 3 heteroatoms. The molecule has 0 amide bonds. The number of anilines is 1. The van der Waals surface area contributed by atoms with E-state index in [1.807, 2.05) is 0 Å². The molecule has 2 aromatic carbocycles. The van der Waals surface area contributed by atoms with Crippen molar-refractivity contribution in [2.24, 2.45) is 5.16 Å². The molecule has 1 aliphatic carbocycles. The summed E-state index contributed by atoms with van der Waals surface area (Å²) in [5, 5.41) is 12.7. The molecule has 0 heterocycles. The van der Waals surface area contributed by atoms with Gasteiger partial charge in [0.2, 0.25) is 0 Å². The van der Waals surface area contributed by atoms with Crippen LogP contribution in [0.2, 0.25) is 0 Å². The number of fused-ring (bicyclic) bond motifs is 1. The molecular weight excluding hydrogens is 272 g/mol. The number of oxime groups is 1. The van der Waals surface area contributed by atoms with Gasteiger partial charge in [0, 0.05) is 31.8 Å². The van der Waals surface area contributed by atoms with Crippen LogP contribution >= 0.6 is 0 Å². The van der Waals surface area contributed by atoms with Crippen LogP contribution in [0.5, 0.6) is 0 Å². The predicted molar refractivity (Wildman–Crippen MR) is 92.2 cm³/mol. The van der Waals surface area contributed by atoms with Gasteiger partial charge in [-0.1, -0.05) is 43.3 Å². The van der Waals surface area contributed by atoms with Crippen LogP contribution in [-0.4, -0.2) is 25.0 Å². The average molecular weight is 294 g/mol. The average Bonchev–Trinajstić information content (AvgIpc) is 2.78. The molecule has 0 saturated heterocycles. The Labute approximate surface area is 131 Å². The SMILES string of the molecule is CN(C)c1cccc(-c2ccc3c(c2)C(C)(C)C/C3=N\O)c1. The van der Waals surface area contributed by atoms with Gasteiger partial charge in [0.1, 0.15) is 0 Å². The Morgan fingerprint density at radius 3 is 2.45 bits per heavy atom. The van der Waals surface area contributed by atoms with E-state index in [1.54, 1.807) is 0 Å². The second-order valence-corrected chi connectivity index (χ2v) is 6.81. The number of hydrogen-bond acceptors (Lipinski definition) is 3. The van der Waals surface area contributed by atoms with Gasteiger partial charge in [0.25, 0.3) is 0 Å². The second-order valence-electron chi connectivity index (χ2n) is 6.81. The Bertz CT molecular complexity index is 745. The van der Waals surface area contributed by atoms with Crippen molar-refractivity contribution in [3.63, 3.8) is 0 Å². The Morgan fingerprint density at radius 1 is 1.05 bits per heavy atom. The van der Waals surface area contributed by atoms with E-state index in [2.05, 4.69) is 80.5 Å². The Morgan fingerprint density at radius 2 is 1.77 bits per heavy atom. The van der Waals surface area contributed by atoms with Gasteiger partial charge in [0.15, 0.2) is 0 Å². The minimum Gasteiger partial charge on any atom is -0.411 e. The highest BCUT2D eigenvalue weighted by atomic mass is 16.4. The molecule has 0 aliphatic heterocycles. The van der Waals surface area contributed by atoms with Crippen molar-refractivity contribution < 1.29 is 5.21 Å². The monoisotopic (exact) mass is 294 g/mol. The zero-order chi connectivity index (χ0) is 15.9. The van der Waals surface area contributed by atoms with Crippen molar-refractivity contribution in [2.45, 2.75) is 25.7 Å². The number of rotatable bonds is 2. The maximum Gasteiger partial charge on any atom is 0.0879 e. The van der Waals surface area contributed by atoms with E-state index in [-0.39, 0.29) is 5.41 Å². The Kier molecular flexibility index (Phi) is 3.44. The molecule has 0 bridgehead atoms. The van der Waals surface area contributed by atoms with E-state index in [4.69, 9.17) is 0 Å². The molecule has 1 N–H and O–H groups in total. The van der Waals surface area contributed by atoms with E-state index in [0.29, 0.717) is 0 Å². The molecular formula is C19H22N2O. The highest BCUT2D eigenvalue weighted by Crippen LogP contribution is 2.40. The van der Waals surface area contributed by atoms with Gasteiger partial charge in [0.05, 0.1) is 5.71 Å². The third-order valence-corrected chi connectivity index (χ3v) is 4.49. The summed E-state index contributed by atoms with van der Waals surface area (Å²) < 4.78 is 0. The van der Waals surface area contributed by atoms with Gasteiger partial charge in [-0.25, -0.2) is 0 Å². The lowest BCUT2D eigenvalue weighted by Crippen LogP contribution is -2.12. The van der Waals surface area contributed by atoms with Gasteiger partial charge in [-0.2, -0.15) is 0 Å². The van der Waals surface area contributed by atoms with E-state index in [0.717, 1.165) is 17.7 Å². The van der Waals surface area contributed by atoms with Crippen LogP contribution in [0.25, 0.3) is 11.1 Å². The maximum absolute atomic E-state index is 9.21. The number of benzene rings is 2. The van der Waals surface area contributed by atoms with E-state index < -0.39 is 0 Å². The molecule has 1 aliphatic rings. The van der Waals surface area contributed by atoms with Crippen molar-refractivity contribution in [3.05, 3.63) is 53.6 Å². The molecule has 0 unspecified atom stereocenters. The minimum absolute atomic E-state index is 0.00602. The van der Waals surface area contributed by atoms with Crippen molar-refractivity contribution in [3.8, 4) is 11.1 Å². The fourth-order valence-electron chi connectivity index (χ4n) is 3.20. The van der Waals surface area contributed by atoms with Crippen LogP contribution in [0.1, 0.15) is 31.4 Å². The van der Waals surface area contributed by atoms with Crippen molar-refractivity contribution >= 4 is 11.4 Å². The summed E-state index contributed by atoms with van der Waals surface area (Å²) in [5.74, 6) is 0. The lowest BCUT2D eigenvalue weighted by Gasteiger charge is -2.19. The highest BCUT2D eigenvalue weighted by molar-refractivity contribution is 6.06. The minimum atomic E-state index is 0.00602. The summed E-state index contributed by atoms with van der Waals surface area (Å²) in [4.78, 5) is 2.11. The van der Waals surface area contributed by atoms with Crippen molar-refractivity contribution in [1.82, 2.24) is 0 Å². The van der Waals surface area contributed by atoms with Crippen molar-refractivity contribution in [2.75, 3.05) is 19.0 Å². The second kappa shape index (κ2) is 5.16. The predicted octanol–water partition coefficient (Wildman–Crippen LogP) is 4.28. The third-order valence-electron chi connectivity index (χ3n) is 4.49. The first-order valence-electron chi connectivity index (χ1n) is 7.56. The largest absolute Gasteiger partial charge is 0.411 e. The molecule has 114 valence electrons. The lowest BCUT2D eigenvalue weighted by molar-refractivity contribution is 0.317. The summed E-state index contributed by atoms with van der Waals surface area (Å²) in [5.41, 5.74) is 6.72. The molecule has 0 spiro atoms. The Balaban J connectivity index is 2.10. The molecule has 0 fully saturated rings. The molecule has 0 aromatic heterocycles. The zero-order valence-corrected chi connectivity index (χ0v) is 13.6. The van der Waals surface area contributed by atoms with Gasteiger partial charge >= 0.3 is 0 Å². The normalized spacial score (nSPS) is 17.5. The standard InChI is InChI=1S/C19H22N2O/c1-19(2)12-18(20-22)16-9-8-14(11-17(16)19)13-6-5-7-15(10-13)21(3)4/h5-11,22H,12H2,1-4H3/b20-18+. The zero-order valence-electron chi connectivity index (χ0n) is 13.6. The highest BCUT2D eigenvalue weighted by Gasteiger charge is 2.34. The molecule has 0 atom stereocenters. The van der Waals surface area contributed by atoms with Gasteiger partial charge in [-0.3, -0.25) is 0 Å². The molecule has 3 nitrogen and oxygen atoms in total. The first-order valence-corrected chi connectivity index (χ1v) is 7.56. The van der Waals surface area contributed by atoms with Gasteiger partial charge < -0.3 is 10.1 Å². The van der Waals surface area contributed by atoms with Crippen LogP contribution in [0, 0.1) is 0 Å².